The summed E-state index contributed by atoms with van der Waals surface area (Å²) in [6.45, 7) is -1.25. The van der Waals surface area contributed by atoms with E-state index in [0.717, 1.165) is 4.90 Å². The highest BCUT2D eigenvalue weighted by molar-refractivity contribution is 5.79. The van der Waals surface area contributed by atoms with Gasteiger partial charge in [0.2, 0.25) is 11.8 Å². The SMILES string of the molecule is NC(=O)CN(CCN(CC(=O)O)CC(=O)O)CC(N)=O. The van der Waals surface area contributed by atoms with Crippen LogP contribution in [0.2, 0.25) is 0 Å². The molecular weight excluding hydrogens is 272 g/mol. The van der Waals surface area contributed by atoms with E-state index in [-0.39, 0.29) is 26.2 Å². The number of carbonyl (C=O) groups is 4. The lowest BCUT2D eigenvalue weighted by Crippen LogP contribution is -2.45. The number of primary amides is 2. The second-order valence-corrected chi connectivity index (χ2v) is 4.14. The Balaban J connectivity index is 4.49. The molecule has 114 valence electrons. The van der Waals surface area contributed by atoms with Gasteiger partial charge >= 0.3 is 11.9 Å². The van der Waals surface area contributed by atoms with E-state index in [0.29, 0.717) is 0 Å². The highest BCUT2D eigenvalue weighted by atomic mass is 16.4. The average Bonchev–Trinajstić information content (AvgIpc) is 2.22. The lowest BCUT2D eigenvalue weighted by Gasteiger charge is -2.23. The fourth-order valence-electron chi connectivity index (χ4n) is 1.53. The number of hydrogen-bond acceptors (Lipinski definition) is 6. The molecule has 0 heterocycles. The molecule has 0 radical (unpaired) electrons. The molecule has 6 N–H and O–H groups in total. The highest BCUT2D eigenvalue weighted by Crippen LogP contribution is 1.93. The minimum atomic E-state index is -1.18. The van der Waals surface area contributed by atoms with Crippen LogP contribution < -0.4 is 11.5 Å². The van der Waals surface area contributed by atoms with Crippen LogP contribution in [0.3, 0.4) is 0 Å². The van der Waals surface area contributed by atoms with Crippen molar-refractivity contribution < 1.29 is 29.4 Å². The van der Waals surface area contributed by atoms with E-state index in [2.05, 4.69) is 0 Å². The van der Waals surface area contributed by atoms with E-state index in [1.165, 1.54) is 4.90 Å². The van der Waals surface area contributed by atoms with E-state index in [9.17, 15) is 19.2 Å². The zero-order chi connectivity index (χ0) is 15.7. The van der Waals surface area contributed by atoms with Crippen molar-refractivity contribution in [2.24, 2.45) is 11.5 Å². The van der Waals surface area contributed by atoms with Crippen LogP contribution in [0.5, 0.6) is 0 Å². The third-order valence-corrected chi connectivity index (χ3v) is 2.21. The first kappa shape index (κ1) is 17.8. The quantitative estimate of drug-likeness (QED) is 0.307. The monoisotopic (exact) mass is 290 g/mol. The molecule has 0 aromatic heterocycles. The predicted molar refractivity (Wildman–Crippen MR) is 66.5 cm³/mol. The Morgan fingerprint density at radius 3 is 1.25 bits per heavy atom. The van der Waals surface area contributed by atoms with Crippen LogP contribution in [0, 0.1) is 0 Å². The van der Waals surface area contributed by atoms with Gasteiger partial charge in [0.1, 0.15) is 0 Å². The van der Waals surface area contributed by atoms with Crippen LogP contribution in [0.1, 0.15) is 0 Å². The summed E-state index contributed by atoms with van der Waals surface area (Å²) in [7, 11) is 0. The summed E-state index contributed by atoms with van der Waals surface area (Å²) in [4.78, 5) is 45.3. The maximum Gasteiger partial charge on any atom is 0.317 e. The lowest BCUT2D eigenvalue weighted by molar-refractivity contribution is -0.142. The maximum absolute atomic E-state index is 10.8. The molecule has 0 fully saturated rings. The number of carbonyl (C=O) groups excluding carboxylic acids is 2. The van der Waals surface area contributed by atoms with Gasteiger partial charge in [-0.05, 0) is 0 Å². The number of hydrogen-bond donors (Lipinski definition) is 4. The molecule has 10 heteroatoms. The van der Waals surface area contributed by atoms with Crippen LogP contribution in [0.25, 0.3) is 0 Å². The summed E-state index contributed by atoms with van der Waals surface area (Å²) >= 11 is 0. The van der Waals surface area contributed by atoms with Gasteiger partial charge in [-0.1, -0.05) is 0 Å². The third-order valence-electron chi connectivity index (χ3n) is 2.21. The largest absolute Gasteiger partial charge is 0.480 e. The summed E-state index contributed by atoms with van der Waals surface area (Å²) in [5.74, 6) is -3.70. The Labute approximate surface area is 114 Å². The lowest BCUT2D eigenvalue weighted by atomic mass is 10.3. The molecular formula is C10H18N4O6. The number of nitrogens with two attached hydrogens (primary N) is 2. The summed E-state index contributed by atoms with van der Waals surface area (Å²) in [5.41, 5.74) is 10.0. The molecule has 0 atom stereocenters. The molecule has 10 nitrogen and oxygen atoms in total. The Bertz CT molecular complexity index is 318. The van der Waals surface area contributed by atoms with Crippen molar-refractivity contribution >= 4 is 23.8 Å². The van der Waals surface area contributed by atoms with E-state index in [1.54, 1.807) is 0 Å². The molecule has 0 saturated carbocycles. The van der Waals surface area contributed by atoms with Crippen molar-refractivity contribution in [2.75, 3.05) is 39.3 Å². The Morgan fingerprint density at radius 2 is 1.00 bits per heavy atom. The number of carboxylic acids is 2. The molecule has 0 aliphatic heterocycles. The fraction of sp³-hybridized carbons (Fsp3) is 0.600. The van der Waals surface area contributed by atoms with Gasteiger partial charge in [0.15, 0.2) is 0 Å². The van der Waals surface area contributed by atoms with Crippen molar-refractivity contribution in [3.8, 4) is 0 Å². The predicted octanol–water partition coefficient (Wildman–Crippen LogP) is -3.27. The summed E-state index contributed by atoms with van der Waals surface area (Å²) in [6, 6.07) is 0. The van der Waals surface area contributed by atoms with E-state index >= 15 is 0 Å². The van der Waals surface area contributed by atoms with Crippen LogP contribution in [0.4, 0.5) is 0 Å². The zero-order valence-corrected chi connectivity index (χ0v) is 10.8. The molecule has 0 unspecified atom stereocenters. The Kier molecular flexibility index (Phi) is 7.85. The van der Waals surface area contributed by atoms with Gasteiger partial charge in [-0.25, -0.2) is 0 Å². The summed E-state index contributed by atoms with van der Waals surface area (Å²) in [5, 5.41) is 17.3. The van der Waals surface area contributed by atoms with Gasteiger partial charge in [-0.3, -0.25) is 29.0 Å². The molecule has 0 saturated heterocycles. The first-order valence-corrected chi connectivity index (χ1v) is 5.65. The van der Waals surface area contributed by atoms with Gasteiger partial charge in [-0.2, -0.15) is 0 Å². The maximum atomic E-state index is 10.8. The topological polar surface area (TPSA) is 167 Å². The van der Waals surface area contributed by atoms with Crippen LogP contribution in [-0.2, 0) is 19.2 Å². The standard InChI is InChI=1S/C10H18N4O6/c11-7(15)3-13(4-8(12)16)1-2-14(5-9(17)18)6-10(19)20/h1-6H2,(H2,11,15)(H2,12,16)(H,17,18)(H,19,20). The van der Waals surface area contributed by atoms with Crippen molar-refractivity contribution in [2.45, 2.75) is 0 Å². The van der Waals surface area contributed by atoms with Crippen LogP contribution in [-0.4, -0.2) is 83.0 Å². The Morgan fingerprint density at radius 1 is 0.700 bits per heavy atom. The molecule has 0 aliphatic rings. The smallest absolute Gasteiger partial charge is 0.317 e. The number of amides is 2. The van der Waals surface area contributed by atoms with E-state index in [1.807, 2.05) is 0 Å². The van der Waals surface area contributed by atoms with Gasteiger partial charge in [0.05, 0.1) is 26.2 Å². The van der Waals surface area contributed by atoms with Crippen molar-refractivity contribution in [1.82, 2.24) is 9.80 Å². The first-order chi connectivity index (χ1) is 9.20. The molecule has 0 aromatic carbocycles. The van der Waals surface area contributed by atoms with Gasteiger partial charge in [0.25, 0.3) is 0 Å². The molecule has 0 aromatic rings. The molecule has 0 spiro atoms. The van der Waals surface area contributed by atoms with Gasteiger partial charge in [-0.15, -0.1) is 0 Å². The van der Waals surface area contributed by atoms with Crippen LogP contribution >= 0.6 is 0 Å². The highest BCUT2D eigenvalue weighted by Gasteiger charge is 2.17. The third kappa shape index (κ3) is 9.79. The molecule has 2 amide bonds. The minimum absolute atomic E-state index is 0.0408. The van der Waals surface area contributed by atoms with Crippen molar-refractivity contribution in [3.05, 3.63) is 0 Å². The van der Waals surface area contributed by atoms with Gasteiger partial charge in [0, 0.05) is 13.1 Å². The summed E-state index contributed by atoms with van der Waals surface area (Å²) < 4.78 is 0. The number of aliphatic carboxylic acids is 2. The fourth-order valence-corrected chi connectivity index (χ4v) is 1.53. The normalized spacial score (nSPS) is 10.7. The summed E-state index contributed by atoms with van der Waals surface area (Å²) in [6.07, 6.45) is 0. The zero-order valence-electron chi connectivity index (χ0n) is 10.8. The molecule has 20 heavy (non-hydrogen) atoms. The molecule has 0 aliphatic carbocycles. The molecule has 0 rings (SSSR count). The average molecular weight is 290 g/mol. The first-order valence-electron chi connectivity index (χ1n) is 5.65. The van der Waals surface area contributed by atoms with Crippen molar-refractivity contribution in [1.29, 1.82) is 0 Å². The minimum Gasteiger partial charge on any atom is -0.480 e. The van der Waals surface area contributed by atoms with Gasteiger partial charge < -0.3 is 21.7 Å². The second kappa shape index (κ2) is 8.82. The number of rotatable bonds is 11. The second-order valence-electron chi connectivity index (χ2n) is 4.14. The van der Waals surface area contributed by atoms with E-state index in [4.69, 9.17) is 21.7 Å². The Hall–Kier alpha value is -2.20. The number of nitrogens with zero attached hydrogens (tertiary/aromatic N) is 2. The molecule has 0 bridgehead atoms. The van der Waals surface area contributed by atoms with Crippen LogP contribution in [0.15, 0.2) is 0 Å². The number of carboxylic acid groups (broad SMARTS) is 2. The van der Waals surface area contributed by atoms with E-state index < -0.39 is 36.8 Å². The van der Waals surface area contributed by atoms with Crippen molar-refractivity contribution in [3.63, 3.8) is 0 Å².